The number of carbonyl (C=O) groups is 3. The van der Waals surface area contributed by atoms with E-state index in [1.54, 1.807) is 47.1 Å². The lowest BCUT2D eigenvalue weighted by Crippen LogP contribution is -2.44. The van der Waals surface area contributed by atoms with Crippen LogP contribution in [0.3, 0.4) is 0 Å². The molecule has 0 unspecified atom stereocenters. The smallest absolute Gasteiger partial charge is 0.329 e. The van der Waals surface area contributed by atoms with Gasteiger partial charge in [0.2, 0.25) is 0 Å². The van der Waals surface area contributed by atoms with Crippen LogP contribution in [0.4, 0.5) is 16.3 Å². The lowest BCUT2D eigenvalue weighted by atomic mass is 10.1. The largest absolute Gasteiger partial charge is 0.459 e. The Kier molecular flexibility index (Phi) is 6.42. The normalized spacial score (nSPS) is 19.7. The number of likely N-dealkylation sites (tertiary alicyclic amines) is 1. The average molecular weight is 569 g/mol. The lowest BCUT2D eigenvalue weighted by molar-refractivity contribution is -0.149. The Balaban J connectivity index is 1.23. The predicted molar refractivity (Wildman–Crippen MR) is 153 cm³/mol. The molecule has 7 rings (SSSR count). The number of morpholine rings is 2. The molecular weight excluding hydrogens is 540 g/mol. The third kappa shape index (κ3) is 4.57. The minimum atomic E-state index is -0.500. The molecule has 5 heterocycles. The number of benzene rings is 2. The zero-order chi connectivity index (χ0) is 28.8. The predicted octanol–water partition coefficient (Wildman–Crippen LogP) is 2.21. The molecule has 4 aromatic rings. The molecule has 13 nitrogen and oxygen atoms in total. The number of nitrogens with one attached hydrogen (secondary N) is 2. The number of esters is 1. The highest BCUT2D eigenvalue weighted by atomic mass is 16.6. The van der Waals surface area contributed by atoms with Crippen molar-refractivity contribution in [2.24, 2.45) is 0 Å². The summed E-state index contributed by atoms with van der Waals surface area (Å²) >= 11 is 0. The number of aromatic nitrogens is 4. The zero-order valence-electron chi connectivity index (χ0n) is 22.8. The van der Waals surface area contributed by atoms with Gasteiger partial charge in [-0.1, -0.05) is 0 Å². The number of nitrogens with zero attached hydrogens (tertiary/aromatic N) is 6. The Morgan fingerprint density at radius 1 is 1.00 bits per heavy atom. The fraction of sp³-hybridized carbons (Fsp3) is 0.310. The fourth-order valence-electron chi connectivity index (χ4n) is 5.61. The van der Waals surface area contributed by atoms with Gasteiger partial charge in [0.25, 0.3) is 5.91 Å². The molecule has 214 valence electrons. The molecule has 3 aliphatic heterocycles. The third-order valence-electron chi connectivity index (χ3n) is 7.78. The van der Waals surface area contributed by atoms with E-state index in [-0.39, 0.29) is 24.0 Å². The third-order valence-corrected chi connectivity index (χ3v) is 7.78. The van der Waals surface area contributed by atoms with Crippen molar-refractivity contribution in [1.82, 2.24) is 30.0 Å². The van der Waals surface area contributed by atoms with Crippen LogP contribution < -0.4 is 15.5 Å². The van der Waals surface area contributed by atoms with E-state index in [4.69, 9.17) is 19.4 Å². The maximum atomic E-state index is 13.1. The molecule has 0 aliphatic carbocycles. The second-order valence-electron chi connectivity index (χ2n) is 10.4. The number of rotatable bonds is 5. The molecule has 0 saturated carbocycles. The average Bonchev–Trinajstić information content (AvgIpc) is 3.75. The van der Waals surface area contributed by atoms with Crippen molar-refractivity contribution < 1.29 is 23.9 Å². The molecule has 2 aromatic heterocycles. The SMILES string of the molecule is CNC(=O)Nc1ccc(-c2nc(N3CCOCC3)c3cnn(-c4ccc(C(=O)N5C[C@H]6C[C@@H]5C(=O)O6)cc4)c3n2)cc1. The molecule has 3 amide bonds. The van der Waals surface area contributed by atoms with Crippen LogP contribution in [0.15, 0.2) is 54.7 Å². The molecular formula is C29H28N8O5. The van der Waals surface area contributed by atoms with Crippen LogP contribution in [0.2, 0.25) is 0 Å². The van der Waals surface area contributed by atoms with Crippen molar-refractivity contribution in [1.29, 1.82) is 0 Å². The van der Waals surface area contributed by atoms with E-state index >= 15 is 0 Å². The van der Waals surface area contributed by atoms with Crippen LogP contribution in [0.1, 0.15) is 16.8 Å². The summed E-state index contributed by atoms with van der Waals surface area (Å²) in [5.74, 6) is 0.757. The molecule has 2 bridgehead atoms. The van der Waals surface area contributed by atoms with Gasteiger partial charge in [0.1, 0.15) is 18.0 Å². The van der Waals surface area contributed by atoms with Crippen molar-refractivity contribution in [2.45, 2.75) is 18.6 Å². The van der Waals surface area contributed by atoms with E-state index in [0.717, 1.165) is 22.5 Å². The highest BCUT2D eigenvalue weighted by Crippen LogP contribution is 2.32. The number of anilines is 2. The standard InChI is InChI=1S/C29H28N8O5/c1-30-29(40)32-19-6-2-17(3-7-19)24-33-25(35-10-12-41-13-11-35)22-15-31-37(26(22)34-24)20-8-4-18(5-9-20)27(38)36-16-21-14-23(36)28(39)42-21/h2-9,15,21,23H,10-14,16H2,1H3,(H2,30,32,40)/t21-,23-/m1/s1. The Morgan fingerprint density at radius 2 is 1.76 bits per heavy atom. The monoisotopic (exact) mass is 568 g/mol. The summed E-state index contributed by atoms with van der Waals surface area (Å²) in [5, 5.41) is 10.7. The Morgan fingerprint density at radius 3 is 2.45 bits per heavy atom. The number of hydrogen-bond donors (Lipinski definition) is 2. The van der Waals surface area contributed by atoms with Gasteiger partial charge in [-0.2, -0.15) is 5.10 Å². The summed E-state index contributed by atoms with van der Waals surface area (Å²) < 4.78 is 12.5. The number of amides is 3. The van der Waals surface area contributed by atoms with Crippen LogP contribution in [-0.2, 0) is 14.3 Å². The Hall–Kier alpha value is -5.04. The van der Waals surface area contributed by atoms with Crippen LogP contribution in [0.5, 0.6) is 0 Å². The highest BCUT2D eigenvalue weighted by Gasteiger charge is 2.48. The van der Waals surface area contributed by atoms with E-state index in [1.807, 2.05) is 24.3 Å². The van der Waals surface area contributed by atoms with Crippen molar-refractivity contribution in [3.05, 3.63) is 60.3 Å². The quantitative estimate of drug-likeness (QED) is 0.346. The van der Waals surface area contributed by atoms with Gasteiger partial charge in [0, 0.05) is 43.4 Å². The van der Waals surface area contributed by atoms with Gasteiger partial charge in [-0.15, -0.1) is 0 Å². The van der Waals surface area contributed by atoms with E-state index in [0.29, 0.717) is 62.0 Å². The number of fused-ring (bicyclic) bond motifs is 3. The maximum absolute atomic E-state index is 13.1. The molecule has 13 heteroatoms. The van der Waals surface area contributed by atoms with Crippen molar-refractivity contribution in [3.63, 3.8) is 0 Å². The van der Waals surface area contributed by atoms with Crippen molar-refractivity contribution >= 4 is 40.4 Å². The summed E-state index contributed by atoms with van der Waals surface area (Å²) in [5.41, 5.74) is 3.26. The van der Waals surface area contributed by atoms with E-state index in [2.05, 4.69) is 20.6 Å². The number of carbonyl (C=O) groups excluding carboxylic acids is 3. The molecule has 2 N–H and O–H groups in total. The molecule has 2 aromatic carbocycles. The maximum Gasteiger partial charge on any atom is 0.329 e. The summed E-state index contributed by atoms with van der Waals surface area (Å²) in [7, 11) is 1.56. The van der Waals surface area contributed by atoms with Gasteiger partial charge in [0.15, 0.2) is 11.5 Å². The van der Waals surface area contributed by atoms with Gasteiger partial charge < -0.3 is 29.9 Å². The summed E-state index contributed by atoms with van der Waals surface area (Å²) in [6.07, 6.45) is 2.10. The van der Waals surface area contributed by atoms with Gasteiger partial charge in [0.05, 0.1) is 37.0 Å². The van der Waals surface area contributed by atoms with E-state index in [1.165, 1.54) is 0 Å². The fourth-order valence-corrected chi connectivity index (χ4v) is 5.61. The molecule has 42 heavy (non-hydrogen) atoms. The second-order valence-corrected chi connectivity index (χ2v) is 10.4. The van der Waals surface area contributed by atoms with Gasteiger partial charge >= 0.3 is 12.0 Å². The highest BCUT2D eigenvalue weighted by molar-refractivity contribution is 5.98. The molecule has 3 aliphatic rings. The van der Waals surface area contributed by atoms with Crippen molar-refractivity contribution in [2.75, 3.05) is 50.1 Å². The van der Waals surface area contributed by atoms with Crippen LogP contribution in [-0.4, -0.2) is 94.6 Å². The molecule has 3 saturated heterocycles. The number of hydrogen-bond acceptors (Lipinski definition) is 9. The van der Waals surface area contributed by atoms with Crippen molar-refractivity contribution in [3.8, 4) is 17.1 Å². The summed E-state index contributed by atoms with van der Waals surface area (Å²) in [6, 6.07) is 13.6. The molecule has 3 fully saturated rings. The molecule has 0 spiro atoms. The van der Waals surface area contributed by atoms with Gasteiger partial charge in [-0.3, -0.25) is 4.79 Å². The van der Waals surface area contributed by atoms with Crippen LogP contribution in [0.25, 0.3) is 28.1 Å². The first-order chi connectivity index (χ1) is 20.5. The first kappa shape index (κ1) is 25.9. The lowest BCUT2D eigenvalue weighted by Gasteiger charge is -2.28. The number of ether oxygens (including phenoxy) is 2. The van der Waals surface area contributed by atoms with E-state index in [9.17, 15) is 14.4 Å². The zero-order valence-corrected chi connectivity index (χ0v) is 22.8. The van der Waals surface area contributed by atoms with Gasteiger partial charge in [-0.05, 0) is 48.5 Å². The topological polar surface area (TPSA) is 144 Å². The van der Waals surface area contributed by atoms with Gasteiger partial charge in [-0.25, -0.2) is 24.2 Å². The number of urea groups is 1. The Labute approximate surface area is 240 Å². The first-order valence-corrected chi connectivity index (χ1v) is 13.8. The first-order valence-electron chi connectivity index (χ1n) is 13.8. The van der Waals surface area contributed by atoms with Crippen LogP contribution >= 0.6 is 0 Å². The Bertz CT molecular complexity index is 1680. The minimum absolute atomic E-state index is 0.190. The second kappa shape index (κ2) is 10.4. The minimum Gasteiger partial charge on any atom is -0.459 e. The van der Waals surface area contributed by atoms with E-state index < -0.39 is 6.04 Å². The molecule has 0 radical (unpaired) electrons. The summed E-state index contributed by atoms with van der Waals surface area (Å²) in [4.78, 5) is 50.4. The van der Waals surface area contributed by atoms with Crippen LogP contribution in [0, 0.1) is 0 Å². The molecule has 2 atom stereocenters. The summed E-state index contributed by atoms with van der Waals surface area (Å²) in [6.45, 7) is 3.00.